The Hall–Kier alpha value is -0.820. The van der Waals surface area contributed by atoms with E-state index in [0.717, 1.165) is 5.92 Å². The predicted molar refractivity (Wildman–Crippen MR) is 67.3 cm³/mol. The topological polar surface area (TPSA) is 26.0 Å². The molecule has 0 amide bonds. The van der Waals surface area contributed by atoms with Gasteiger partial charge in [-0.05, 0) is 48.3 Å². The Bertz CT molecular complexity index is 402. The third-order valence-corrected chi connectivity index (χ3v) is 4.41. The van der Waals surface area contributed by atoms with Gasteiger partial charge in [0.2, 0.25) is 0 Å². The highest BCUT2D eigenvalue weighted by atomic mass is 14.8. The van der Waals surface area contributed by atoms with Crippen LogP contribution >= 0.6 is 0 Å². The Morgan fingerprint density at radius 3 is 2.56 bits per heavy atom. The van der Waals surface area contributed by atoms with Crippen molar-refractivity contribution in [2.24, 2.45) is 11.7 Å². The van der Waals surface area contributed by atoms with E-state index in [0.29, 0.717) is 0 Å². The van der Waals surface area contributed by atoms with Crippen LogP contribution in [0.2, 0.25) is 0 Å². The fourth-order valence-corrected chi connectivity index (χ4v) is 3.44. The van der Waals surface area contributed by atoms with Crippen molar-refractivity contribution in [2.45, 2.75) is 51.0 Å². The highest BCUT2D eigenvalue weighted by molar-refractivity contribution is 5.39. The van der Waals surface area contributed by atoms with Crippen LogP contribution in [0, 0.1) is 5.92 Å². The van der Waals surface area contributed by atoms with Crippen LogP contribution in [0.3, 0.4) is 0 Å². The number of nitrogens with two attached hydrogens (primary N) is 1. The van der Waals surface area contributed by atoms with E-state index in [-0.39, 0.29) is 5.54 Å². The monoisotopic (exact) mass is 215 g/mol. The van der Waals surface area contributed by atoms with Gasteiger partial charge in [0.05, 0.1) is 0 Å². The van der Waals surface area contributed by atoms with Gasteiger partial charge in [-0.2, -0.15) is 0 Å². The molecule has 1 atom stereocenters. The van der Waals surface area contributed by atoms with Crippen molar-refractivity contribution in [1.82, 2.24) is 0 Å². The maximum atomic E-state index is 6.51. The lowest BCUT2D eigenvalue weighted by Crippen LogP contribution is -2.33. The van der Waals surface area contributed by atoms with Gasteiger partial charge in [0, 0.05) is 5.54 Å². The Labute approximate surface area is 98.0 Å². The van der Waals surface area contributed by atoms with Gasteiger partial charge >= 0.3 is 0 Å². The van der Waals surface area contributed by atoms with Crippen molar-refractivity contribution in [3.63, 3.8) is 0 Å². The summed E-state index contributed by atoms with van der Waals surface area (Å²) in [5, 5.41) is 0. The zero-order chi connectivity index (χ0) is 11.2. The standard InChI is InChI=1S/C15H21N/c1-11-8-12-4-5-14(10-13(12)9-11)15(16)6-2-3-7-15/h4-5,10-11H,2-3,6-9,16H2,1H3. The molecule has 16 heavy (non-hydrogen) atoms. The Morgan fingerprint density at radius 1 is 1.12 bits per heavy atom. The molecule has 0 radical (unpaired) electrons. The van der Waals surface area contributed by atoms with E-state index in [1.807, 2.05) is 0 Å². The highest BCUT2D eigenvalue weighted by Gasteiger charge is 2.32. The summed E-state index contributed by atoms with van der Waals surface area (Å²) in [5.74, 6) is 0.822. The third kappa shape index (κ3) is 1.58. The molecule has 0 bridgehead atoms. The maximum absolute atomic E-state index is 6.51. The van der Waals surface area contributed by atoms with E-state index >= 15 is 0 Å². The molecule has 1 unspecified atom stereocenters. The van der Waals surface area contributed by atoms with Crippen molar-refractivity contribution in [1.29, 1.82) is 0 Å². The second-order valence-corrected chi connectivity index (χ2v) is 5.86. The molecule has 0 heterocycles. The molecule has 0 aliphatic heterocycles. The zero-order valence-corrected chi connectivity index (χ0v) is 10.1. The Morgan fingerprint density at radius 2 is 1.81 bits per heavy atom. The van der Waals surface area contributed by atoms with Crippen LogP contribution in [0.25, 0.3) is 0 Å². The summed E-state index contributed by atoms with van der Waals surface area (Å²) in [7, 11) is 0. The predicted octanol–water partition coefficient (Wildman–Crippen LogP) is 3.15. The van der Waals surface area contributed by atoms with Crippen LogP contribution in [-0.2, 0) is 18.4 Å². The average molecular weight is 215 g/mol. The largest absolute Gasteiger partial charge is 0.321 e. The normalized spacial score (nSPS) is 27.0. The molecule has 1 saturated carbocycles. The maximum Gasteiger partial charge on any atom is 0.0409 e. The van der Waals surface area contributed by atoms with Crippen LogP contribution in [0.5, 0.6) is 0 Å². The van der Waals surface area contributed by atoms with Crippen molar-refractivity contribution in [3.05, 3.63) is 34.9 Å². The third-order valence-electron chi connectivity index (χ3n) is 4.41. The summed E-state index contributed by atoms with van der Waals surface area (Å²) in [6.07, 6.45) is 7.43. The number of fused-ring (bicyclic) bond motifs is 1. The first-order chi connectivity index (χ1) is 7.67. The summed E-state index contributed by atoms with van der Waals surface area (Å²) in [4.78, 5) is 0. The second kappa shape index (κ2) is 3.59. The molecular weight excluding hydrogens is 194 g/mol. The first kappa shape index (κ1) is 10.3. The minimum atomic E-state index is -0.0130. The lowest BCUT2D eigenvalue weighted by atomic mass is 9.87. The van der Waals surface area contributed by atoms with E-state index in [9.17, 15) is 0 Å². The van der Waals surface area contributed by atoms with Gasteiger partial charge in [-0.15, -0.1) is 0 Å². The van der Waals surface area contributed by atoms with E-state index in [2.05, 4.69) is 25.1 Å². The summed E-state index contributed by atoms with van der Waals surface area (Å²) in [6.45, 7) is 2.34. The molecule has 1 heteroatoms. The first-order valence-electron chi connectivity index (χ1n) is 6.58. The van der Waals surface area contributed by atoms with E-state index in [1.54, 1.807) is 11.1 Å². The second-order valence-electron chi connectivity index (χ2n) is 5.86. The molecule has 0 spiro atoms. The summed E-state index contributed by atoms with van der Waals surface area (Å²) in [5.41, 5.74) is 11.0. The van der Waals surface area contributed by atoms with Gasteiger partial charge in [-0.3, -0.25) is 0 Å². The van der Waals surface area contributed by atoms with Crippen LogP contribution in [-0.4, -0.2) is 0 Å². The molecule has 3 rings (SSSR count). The molecule has 86 valence electrons. The molecule has 1 aromatic rings. The van der Waals surface area contributed by atoms with Gasteiger partial charge in [0.25, 0.3) is 0 Å². The van der Waals surface area contributed by atoms with Crippen molar-refractivity contribution >= 4 is 0 Å². The van der Waals surface area contributed by atoms with Gasteiger partial charge < -0.3 is 5.73 Å². The van der Waals surface area contributed by atoms with Gasteiger partial charge in [-0.25, -0.2) is 0 Å². The highest BCUT2D eigenvalue weighted by Crippen LogP contribution is 2.38. The summed E-state index contributed by atoms with van der Waals surface area (Å²) < 4.78 is 0. The molecule has 0 aromatic heterocycles. The van der Waals surface area contributed by atoms with Crippen LogP contribution in [0.4, 0.5) is 0 Å². The minimum absolute atomic E-state index is 0.0130. The quantitative estimate of drug-likeness (QED) is 0.765. The zero-order valence-electron chi connectivity index (χ0n) is 10.1. The van der Waals surface area contributed by atoms with E-state index in [4.69, 9.17) is 5.73 Å². The van der Waals surface area contributed by atoms with Gasteiger partial charge in [-0.1, -0.05) is 38.0 Å². The number of hydrogen-bond donors (Lipinski definition) is 1. The molecule has 2 aliphatic carbocycles. The lowest BCUT2D eigenvalue weighted by Gasteiger charge is -2.24. The van der Waals surface area contributed by atoms with Gasteiger partial charge in [0.15, 0.2) is 0 Å². The molecule has 1 fully saturated rings. The molecule has 1 aromatic carbocycles. The fourth-order valence-electron chi connectivity index (χ4n) is 3.44. The first-order valence-corrected chi connectivity index (χ1v) is 6.58. The summed E-state index contributed by atoms with van der Waals surface area (Å²) in [6, 6.07) is 6.99. The van der Waals surface area contributed by atoms with Crippen LogP contribution in [0.15, 0.2) is 18.2 Å². The Balaban J connectivity index is 1.95. The molecule has 2 aliphatic rings. The molecular formula is C15H21N. The SMILES string of the molecule is CC1Cc2ccc(C3(N)CCCC3)cc2C1. The lowest BCUT2D eigenvalue weighted by molar-refractivity contribution is 0.461. The van der Waals surface area contributed by atoms with Gasteiger partial charge in [0.1, 0.15) is 0 Å². The van der Waals surface area contributed by atoms with Crippen molar-refractivity contribution in [2.75, 3.05) is 0 Å². The van der Waals surface area contributed by atoms with E-state index in [1.165, 1.54) is 44.1 Å². The van der Waals surface area contributed by atoms with Crippen LogP contribution in [0.1, 0.15) is 49.3 Å². The Kier molecular flexibility index (Phi) is 2.32. The molecule has 0 saturated heterocycles. The fraction of sp³-hybridized carbons (Fsp3) is 0.600. The van der Waals surface area contributed by atoms with Crippen molar-refractivity contribution in [3.8, 4) is 0 Å². The average Bonchev–Trinajstić information content (AvgIpc) is 2.82. The molecule has 1 nitrogen and oxygen atoms in total. The van der Waals surface area contributed by atoms with Crippen molar-refractivity contribution < 1.29 is 0 Å². The minimum Gasteiger partial charge on any atom is -0.321 e. The number of rotatable bonds is 1. The summed E-state index contributed by atoms with van der Waals surface area (Å²) >= 11 is 0. The number of benzene rings is 1. The number of hydrogen-bond acceptors (Lipinski definition) is 1. The molecule has 2 N–H and O–H groups in total. The van der Waals surface area contributed by atoms with Crippen LogP contribution < -0.4 is 5.73 Å². The smallest absolute Gasteiger partial charge is 0.0409 e. The van der Waals surface area contributed by atoms with E-state index < -0.39 is 0 Å².